The molecular weight excluding hydrogens is 274 g/mol. The zero-order chi connectivity index (χ0) is 14.5. The predicted octanol–water partition coefficient (Wildman–Crippen LogP) is 3.86. The molecule has 2 aromatic rings. The lowest BCUT2D eigenvalue weighted by Gasteiger charge is -2.02. The van der Waals surface area contributed by atoms with Gasteiger partial charge in [-0.3, -0.25) is 0 Å². The van der Waals surface area contributed by atoms with Gasteiger partial charge in [-0.15, -0.1) is 11.3 Å². The smallest absolute Gasteiger partial charge is 0.347 e. The van der Waals surface area contributed by atoms with Gasteiger partial charge in [0, 0.05) is 5.56 Å². The van der Waals surface area contributed by atoms with Crippen LogP contribution in [0.1, 0.15) is 35.6 Å². The molecule has 1 N–H and O–H groups in total. The number of carboxylic acids is 1. The third-order valence-electron chi connectivity index (χ3n) is 2.79. The molecule has 1 aromatic heterocycles. The van der Waals surface area contributed by atoms with Crippen LogP contribution in [0.25, 0.3) is 10.6 Å². The minimum Gasteiger partial charge on any atom is -0.494 e. The van der Waals surface area contributed by atoms with Crippen molar-refractivity contribution in [1.82, 2.24) is 4.98 Å². The average Bonchev–Trinajstić information content (AvgIpc) is 2.85. The number of carboxylic acid groups (broad SMARTS) is 1. The van der Waals surface area contributed by atoms with Crippen molar-refractivity contribution in [3.05, 3.63) is 34.8 Å². The Kier molecular flexibility index (Phi) is 4.74. The fourth-order valence-electron chi connectivity index (χ4n) is 1.91. The number of rotatable bonds is 6. The van der Waals surface area contributed by atoms with E-state index in [1.807, 2.05) is 38.1 Å². The maximum atomic E-state index is 11.2. The van der Waals surface area contributed by atoms with Gasteiger partial charge in [0.25, 0.3) is 0 Å². The lowest BCUT2D eigenvalue weighted by molar-refractivity contribution is 0.0700. The van der Waals surface area contributed by atoms with Crippen molar-refractivity contribution < 1.29 is 14.6 Å². The van der Waals surface area contributed by atoms with Crippen molar-refractivity contribution in [2.75, 3.05) is 6.61 Å². The Bertz CT molecular complexity index is 590. The van der Waals surface area contributed by atoms with Crippen molar-refractivity contribution in [3.63, 3.8) is 0 Å². The molecule has 1 aromatic carbocycles. The molecule has 0 spiro atoms. The molecule has 0 bridgehead atoms. The number of benzene rings is 1. The molecule has 0 amide bonds. The number of nitrogens with zero attached hydrogens (tertiary/aromatic N) is 1. The van der Waals surface area contributed by atoms with E-state index in [0.717, 1.165) is 22.7 Å². The summed E-state index contributed by atoms with van der Waals surface area (Å²) >= 11 is 1.23. The standard InChI is InChI=1S/C15H17NO3S/c1-3-5-12-13(15(17)18)20-14(16-12)10-6-8-11(9-7-10)19-4-2/h6-9H,3-5H2,1-2H3,(H,17,18). The van der Waals surface area contributed by atoms with Crippen LogP contribution in [-0.2, 0) is 6.42 Å². The molecule has 0 aliphatic heterocycles. The van der Waals surface area contributed by atoms with E-state index in [-0.39, 0.29) is 0 Å². The quantitative estimate of drug-likeness (QED) is 0.878. The monoisotopic (exact) mass is 291 g/mol. The highest BCUT2D eigenvalue weighted by Gasteiger charge is 2.17. The van der Waals surface area contributed by atoms with Crippen LogP contribution in [0, 0.1) is 0 Å². The van der Waals surface area contributed by atoms with Gasteiger partial charge in [-0.25, -0.2) is 9.78 Å². The summed E-state index contributed by atoms with van der Waals surface area (Å²) in [4.78, 5) is 16.0. The summed E-state index contributed by atoms with van der Waals surface area (Å²) in [5.41, 5.74) is 1.59. The minimum absolute atomic E-state index is 0.343. The van der Waals surface area contributed by atoms with Crippen LogP contribution in [0.5, 0.6) is 5.75 Å². The zero-order valence-electron chi connectivity index (χ0n) is 11.5. The Hall–Kier alpha value is -1.88. The number of aryl methyl sites for hydroxylation is 1. The van der Waals surface area contributed by atoms with Crippen LogP contribution in [0.4, 0.5) is 0 Å². The van der Waals surface area contributed by atoms with Gasteiger partial charge in [0.1, 0.15) is 15.6 Å². The van der Waals surface area contributed by atoms with Crippen LogP contribution in [0.3, 0.4) is 0 Å². The minimum atomic E-state index is -0.900. The molecule has 4 nitrogen and oxygen atoms in total. The molecule has 5 heteroatoms. The van der Waals surface area contributed by atoms with Crippen molar-refractivity contribution in [2.45, 2.75) is 26.7 Å². The maximum Gasteiger partial charge on any atom is 0.347 e. The summed E-state index contributed by atoms with van der Waals surface area (Å²) < 4.78 is 5.39. The first-order valence-corrected chi connectivity index (χ1v) is 7.43. The second-order valence-electron chi connectivity index (χ2n) is 4.31. The number of aromatic carboxylic acids is 1. The van der Waals surface area contributed by atoms with Gasteiger partial charge in [0.05, 0.1) is 12.3 Å². The van der Waals surface area contributed by atoms with E-state index in [1.54, 1.807) is 0 Å². The van der Waals surface area contributed by atoms with Crippen LogP contribution in [0.2, 0.25) is 0 Å². The van der Waals surface area contributed by atoms with Crippen molar-refractivity contribution in [3.8, 4) is 16.3 Å². The maximum absolute atomic E-state index is 11.2. The number of ether oxygens (including phenoxy) is 1. The largest absolute Gasteiger partial charge is 0.494 e. The van der Waals surface area contributed by atoms with E-state index >= 15 is 0 Å². The fourth-order valence-corrected chi connectivity index (χ4v) is 2.86. The first-order chi connectivity index (χ1) is 9.65. The molecule has 0 saturated heterocycles. The third kappa shape index (κ3) is 3.17. The number of thiazole rings is 1. The Labute approximate surface area is 122 Å². The second-order valence-corrected chi connectivity index (χ2v) is 5.31. The highest BCUT2D eigenvalue weighted by molar-refractivity contribution is 7.17. The number of hydrogen-bond acceptors (Lipinski definition) is 4. The SMILES string of the molecule is CCCc1nc(-c2ccc(OCC)cc2)sc1C(=O)O. The zero-order valence-corrected chi connectivity index (χ0v) is 12.4. The van der Waals surface area contributed by atoms with E-state index in [9.17, 15) is 9.90 Å². The first-order valence-electron chi connectivity index (χ1n) is 6.62. The summed E-state index contributed by atoms with van der Waals surface area (Å²) in [7, 11) is 0. The van der Waals surface area contributed by atoms with Crippen molar-refractivity contribution in [1.29, 1.82) is 0 Å². The van der Waals surface area contributed by atoms with Gasteiger partial charge in [-0.1, -0.05) is 13.3 Å². The molecule has 0 unspecified atom stereocenters. The summed E-state index contributed by atoms with van der Waals surface area (Å²) in [6.45, 7) is 4.58. The Morgan fingerprint density at radius 2 is 2.00 bits per heavy atom. The first kappa shape index (κ1) is 14.5. The molecule has 1 heterocycles. The average molecular weight is 291 g/mol. The lowest BCUT2D eigenvalue weighted by atomic mass is 10.2. The van der Waals surface area contributed by atoms with E-state index < -0.39 is 5.97 Å². The van der Waals surface area contributed by atoms with Crippen LogP contribution >= 0.6 is 11.3 Å². The summed E-state index contributed by atoms with van der Waals surface area (Å²) in [6.07, 6.45) is 1.57. The molecule has 0 fully saturated rings. The van der Waals surface area contributed by atoms with E-state index in [0.29, 0.717) is 23.6 Å². The topological polar surface area (TPSA) is 59.4 Å². The van der Waals surface area contributed by atoms with Crippen molar-refractivity contribution >= 4 is 17.3 Å². The third-order valence-corrected chi connectivity index (χ3v) is 3.93. The Morgan fingerprint density at radius 1 is 1.30 bits per heavy atom. The molecule has 0 radical (unpaired) electrons. The van der Waals surface area contributed by atoms with E-state index in [2.05, 4.69) is 4.98 Å². The van der Waals surface area contributed by atoms with Crippen LogP contribution in [0.15, 0.2) is 24.3 Å². The van der Waals surface area contributed by atoms with Gasteiger partial charge >= 0.3 is 5.97 Å². The van der Waals surface area contributed by atoms with Gasteiger partial charge in [0.15, 0.2) is 0 Å². The molecule has 0 atom stereocenters. The second kappa shape index (κ2) is 6.52. The molecule has 106 valence electrons. The Morgan fingerprint density at radius 3 is 2.55 bits per heavy atom. The van der Waals surface area contributed by atoms with E-state index in [4.69, 9.17) is 4.74 Å². The lowest BCUT2D eigenvalue weighted by Crippen LogP contribution is -1.98. The summed E-state index contributed by atoms with van der Waals surface area (Å²) in [5, 5.41) is 9.96. The molecule has 20 heavy (non-hydrogen) atoms. The molecule has 0 aliphatic rings. The normalized spacial score (nSPS) is 10.5. The number of aromatic nitrogens is 1. The highest BCUT2D eigenvalue weighted by atomic mass is 32.1. The van der Waals surface area contributed by atoms with Gasteiger partial charge in [-0.05, 0) is 37.6 Å². The van der Waals surface area contributed by atoms with Gasteiger partial charge in [-0.2, -0.15) is 0 Å². The highest BCUT2D eigenvalue weighted by Crippen LogP contribution is 2.30. The molecular formula is C15H17NO3S. The predicted molar refractivity (Wildman–Crippen MR) is 79.7 cm³/mol. The molecule has 0 saturated carbocycles. The Balaban J connectivity index is 2.32. The summed E-state index contributed by atoms with van der Waals surface area (Å²) in [6, 6.07) is 7.57. The van der Waals surface area contributed by atoms with Gasteiger partial charge in [0.2, 0.25) is 0 Å². The number of carbonyl (C=O) groups is 1. The number of hydrogen-bond donors (Lipinski definition) is 1. The van der Waals surface area contributed by atoms with Crippen molar-refractivity contribution in [2.24, 2.45) is 0 Å². The molecule has 0 aliphatic carbocycles. The van der Waals surface area contributed by atoms with Gasteiger partial charge < -0.3 is 9.84 Å². The fraction of sp³-hybridized carbons (Fsp3) is 0.333. The molecule has 2 rings (SSSR count). The summed E-state index contributed by atoms with van der Waals surface area (Å²) in [5.74, 6) is -0.0943. The van der Waals surface area contributed by atoms with Crippen LogP contribution < -0.4 is 4.74 Å². The van der Waals surface area contributed by atoms with E-state index in [1.165, 1.54) is 11.3 Å². The van der Waals surface area contributed by atoms with Crippen LogP contribution in [-0.4, -0.2) is 22.7 Å².